The summed E-state index contributed by atoms with van der Waals surface area (Å²) >= 11 is 0. The summed E-state index contributed by atoms with van der Waals surface area (Å²) in [4.78, 5) is 12.5. The third-order valence-corrected chi connectivity index (χ3v) is 3.08. The van der Waals surface area contributed by atoms with Crippen molar-refractivity contribution in [1.82, 2.24) is 0 Å². The quantitative estimate of drug-likeness (QED) is 0.793. The largest absolute Gasteiger partial charge is 0.394 e. The molecule has 0 aromatic heterocycles. The van der Waals surface area contributed by atoms with E-state index in [4.69, 9.17) is 5.11 Å². The summed E-state index contributed by atoms with van der Waals surface area (Å²) in [7, 11) is 1.85. The Balaban J connectivity index is 0.00000200. The van der Waals surface area contributed by atoms with Crippen molar-refractivity contribution >= 4 is 22.7 Å². The molecule has 0 spiro atoms. The average molecular weight is 362 g/mol. The predicted molar refractivity (Wildman–Crippen MR) is 81.5 cm³/mol. The first kappa shape index (κ1) is 20.2. The molecule has 2 rings (SSSR count). The fourth-order valence-electron chi connectivity index (χ4n) is 2.01. The number of carbonyl (C=O) groups excluding carboxylic acids is 1. The maximum Gasteiger partial charge on any atom is 0.0945 e. The van der Waals surface area contributed by atoms with E-state index in [1.54, 1.807) is 12.1 Å². The molecule has 2 aromatic carbocycles. The Labute approximate surface area is 150 Å². The van der Waals surface area contributed by atoms with Gasteiger partial charge in [-0.25, -0.2) is 0 Å². The van der Waals surface area contributed by atoms with Crippen LogP contribution in [0.5, 0.6) is 0 Å². The maximum atomic E-state index is 10.6. The molecule has 0 aliphatic carbocycles. The molecule has 0 fully saturated rings. The molecule has 0 heterocycles. The first-order chi connectivity index (χ1) is 9.13. The zero-order valence-electron chi connectivity index (χ0n) is 12.3. The molecule has 1 atom stereocenters. The van der Waals surface area contributed by atoms with E-state index in [-0.39, 0.29) is 46.7 Å². The van der Waals surface area contributed by atoms with Crippen LogP contribution in [-0.2, 0) is 37.5 Å². The van der Waals surface area contributed by atoms with Crippen LogP contribution in [0.3, 0.4) is 0 Å². The Morgan fingerprint density at radius 3 is 2.43 bits per heavy atom. The zero-order chi connectivity index (χ0) is 13.8. The molecular weight excluding hydrogens is 343 g/mol. The van der Waals surface area contributed by atoms with E-state index in [2.05, 4.69) is 0 Å². The second-order valence-electron chi connectivity index (χ2n) is 4.57. The molecule has 0 saturated carbocycles. The number of hydrogen-bond acceptors (Lipinski definition) is 4. The van der Waals surface area contributed by atoms with Gasteiger partial charge in [-0.1, -0.05) is 11.5 Å². The Bertz CT molecular complexity index is 589. The molecule has 1 unspecified atom stereocenters. The summed E-state index contributed by atoms with van der Waals surface area (Å²) in [5.74, 6) is 0. The van der Waals surface area contributed by atoms with Crippen molar-refractivity contribution in [2.24, 2.45) is 0 Å². The average Bonchev–Trinajstić information content (AvgIpc) is 2.45. The molecule has 2 N–H and O–H groups in total. The molecule has 1 radical (unpaired) electrons. The minimum Gasteiger partial charge on any atom is -0.394 e. The Morgan fingerprint density at radius 1 is 1.19 bits per heavy atom. The summed E-state index contributed by atoms with van der Waals surface area (Å²) < 4.78 is 0. The van der Waals surface area contributed by atoms with E-state index < -0.39 is 6.10 Å². The van der Waals surface area contributed by atoms with E-state index in [0.717, 1.165) is 16.5 Å². The summed E-state index contributed by atoms with van der Waals surface area (Å²) in [6.45, 7) is 0.110. The van der Waals surface area contributed by atoms with E-state index in [9.17, 15) is 9.90 Å². The van der Waals surface area contributed by atoms with Crippen LogP contribution >= 0.6 is 0 Å². The van der Waals surface area contributed by atoms with Crippen LogP contribution in [0.2, 0.25) is 0 Å². The van der Waals surface area contributed by atoms with Crippen molar-refractivity contribution in [2.75, 3.05) is 25.1 Å². The van der Waals surface area contributed by atoms with E-state index in [0.29, 0.717) is 12.1 Å². The second kappa shape index (κ2) is 9.26. The zero-order valence-corrected chi connectivity index (χ0v) is 15.1. The van der Waals surface area contributed by atoms with Crippen molar-refractivity contribution < 1.29 is 47.7 Å². The Morgan fingerprint density at radius 2 is 1.81 bits per heavy atom. The Hall–Kier alpha value is -0.806. The third-order valence-electron chi connectivity index (χ3n) is 3.08. The molecule has 0 aliphatic heterocycles. The van der Waals surface area contributed by atoms with Gasteiger partial charge in [0.25, 0.3) is 0 Å². The van der Waals surface area contributed by atoms with Gasteiger partial charge in [0.1, 0.15) is 0 Å². The van der Waals surface area contributed by atoms with Gasteiger partial charge in [-0.3, -0.25) is 0 Å². The van der Waals surface area contributed by atoms with Crippen LogP contribution in [0, 0.1) is 7.43 Å². The van der Waals surface area contributed by atoms with Gasteiger partial charge in [0.2, 0.25) is 0 Å². The number of aliphatic hydroxyl groups excluding tert-OH is 2. The van der Waals surface area contributed by atoms with Gasteiger partial charge in [-0.05, 0) is 17.5 Å². The number of anilines is 1. The molecule has 5 heteroatoms. The molecule has 0 aliphatic rings. The smallest absolute Gasteiger partial charge is 0.0945 e. The van der Waals surface area contributed by atoms with Crippen LogP contribution < -0.4 is 4.90 Å². The number of nitrogens with zero attached hydrogens (tertiary/aromatic N) is 1. The number of likely N-dealkylation sites (N-methyl/N-ethyl adjacent to an activating group) is 1. The number of fused-ring (bicyclic) bond motifs is 1. The van der Waals surface area contributed by atoms with Gasteiger partial charge in [-0.2, -0.15) is 17.7 Å². The van der Waals surface area contributed by atoms with Gasteiger partial charge in [0.05, 0.1) is 19.0 Å². The Kier molecular flexibility index (Phi) is 8.90. The standard InChI is InChI=1S/C15H16NO3.CH3.Y/c1-16(8-15(19)10-18)14-5-4-12-6-11(9-17)2-3-13(12)7-14;;/h2-7,15,18-19H,8,10H2,1H3;1H3;/q2*-1;. The fraction of sp³-hybridized carbons (Fsp3) is 0.250. The van der Waals surface area contributed by atoms with Crippen LogP contribution in [0.25, 0.3) is 10.8 Å². The maximum absolute atomic E-state index is 10.6. The number of aliphatic hydroxyl groups is 2. The molecule has 0 amide bonds. The second-order valence-corrected chi connectivity index (χ2v) is 4.57. The predicted octanol–water partition coefficient (Wildman–Crippen LogP) is 1.53. The van der Waals surface area contributed by atoms with Crippen molar-refractivity contribution in [3.63, 3.8) is 0 Å². The van der Waals surface area contributed by atoms with E-state index >= 15 is 0 Å². The van der Waals surface area contributed by atoms with Crippen molar-refractivity contribution in [3.8, 4) is 0 Å². The minimum absolute atomic E-state index is 0. The monoisotopic (exact) mass is 362 g/mol. The molecule has 21 heavy (non-hydrogen) atoms. The summed E-state index contributed by atoms with van der Waals surface area (Å²) in [6, 6.07) is 11.2. The number of rotatable bonds is 5. The third kappa shape index (κ3) is 5.15. The van der Waals surface area contributed by atoms with Crippen LogP contribution in [-0.4, -0.2) is 42.8 Å². The minimum atomic E-state index is -0.757. The van der Waals surface area contributed by atoms with Gasteiger partial charge in [0.15, 0.2) is 0 Å². The van der Waals surface area contributed by atoms with E-state index in [1.807, 2.05) is 42.5 Å². The molecule has 2 aromatic rings. The van der Waals surface area contributed by atoms with Crippen molar-refractivity contribution in [1.29, 1.82) is 0 Å². The van der Waals surface area contributed by atoms with Crippen molar-refractivity contribution in [3.05, 3.63) is 49.4 Å². The van der Waals surface area contributed by atoms with Crippen LogP contribution in [0.1, 0.15) is 5.56 Å². The summed E-state index contributed by atoms with van der Waals surface area (Å²) in [5, 5.41) is 20.3. The molecular formula is C16H19NO3Y-2. The first-order valence-electron chi connectivity index (χ1n) is 6.06. The van der Waals surface area contributed by atoms with Gasteiger partial charge in [0, 0.05) is 52.0 Å². The van der Waals surface area contributed by atoms with Gasteiger partial charge >= 0.3 is 0 Å². The summed E-state index contributed by atoms with van der Waals surface area (Å²) in [5.41, 5.74) is 1.48. The summed E-state index contributed by atoms with van der Waals surface area (Å²) in [6.07, 6.45) is 1.11. The van der Waals surface area contributed by atoms with Gasteiger partial charge < -0.3 is 27.3 Å². The molecule has 0 saturated heterocycles. The molecule has 111 valence electrons. The normalized spacial score (nSPS) is 11.2. The first-order valence-corrected chi connectivity index (χ1v) is 6.06. The molecule has 4 nitrogen and oxygen atoms in total. The molecule has 0 bridgehead atoms. The van der Waals surface area contributed by atoms with Gasteiger partial charge in [-0.15, -0.1) is 6.07 Å². The number of hydrogen-bond donors (Lipinski definition) is 2. The topological polar surface area (TPSA) is 60.8 Å². The number of benzene rings is 2. The van der Waals surface area contributed by atoms with E-state index in [1.165, 1.54) is 0 Å². The SMILES string of the molecule is CN(CC(O)CO)c1ccc2cc([C-]=O)ccc2c1.[CH3-].[Y]. The van der Waals surface area contributed by atoms with Crippen LogP contribution in [0.4, 0.5) is 5.69 Å². The van der Waals surface area contributed by atoms with Crippen LogP contribution in [0.15, 0.2) is 36.4 Å². The van der Waals surface area contributed by atoms with Crippen molar-refractivity contribution in [2.45, 2.75) is 6.10 Å². The fourth-order valence-corrected chi connectivity index (χ4v) is 2.01.